The zero-order chi connectivity index (χ0) is 22.9. The maximum absolute atomic E-state index is 13.2. The number of aromatic nitrogens is 2. The number of hydrogen-bond donors (Lipinski definition) is 1. The standard InChI is InChI=1S/C24H21ClFN3O3S/c1-15(28-33(30)20-6-7-23-16(10-20)8-9-31-23)14-32-24-11-17-13-27-29(22(17)12-21(24)25)19-4-2-18(26)3-5-19/h2-7,10-13,15,28H,8-9,14H2,1H3/t15-,33?/m0/s1. The van der Waals surface area contributed by atoms with E-state index < -0.39 is 11.4 Å². The minimum Gasteiger partial charge on any atom is -0.593 e. The Balaban J connectivity index is 1.25. The molecular formula is C24H21ClFN3O3S. The molecule has 5 rings (SSSR count). The predicted molar refractivity (Wildman–Crippen MR) is 126 cm³/mol. The zero-order valence-corrected chi connectivity index (χ0v) is 19.3. The zero-order valence-electron chi connectivity index (χ0n) is 17.8. The first-order valence-electron chi connectivity index (χ1n) is 10.5. The molecule has 3 aromatic carbocycles. The van der Waals surface area contributed by atoms with E-state index in [2.05, 4.69) is 9.82 Å². The molecule has 0 saturated heterocycles. The smallest absolute Gasteiger partial charge is 0.174 e. The van der Waals surface area contributed by atoms with Gasteiger partial charge in [-0.25, -0.2) is 9.07 Å². The van der Waals surface area contributed by atoms with E-state index in [0.29, 0.717) is 22.3 Å². The Bertz CT molecular complexity index is 1300. The summed E-state index contributed by atoms with van der Waals surface area (Å²) in [5, 5.41) is 5.65. The molecule has 170 valence electrons. The van der Waals surface area contributed by atoms with Crippen LogP contribution in [0, 0.1) is 5.82 Å². The second-order valence-electron chi connectivity index (χ2n) is 7.84. The van der Waals surface area contributed by atoms with Crippen molar-refractivity contribution in [3.8, 4) is 17.2 Å². The van der Waals surface area contributed by atoms with Crippen molar-refractivity contribution in [1.29, 1.82) is 0 Å². The van der Waals surface area contributed by atoms with Crippen LogP contribution in [-0.2, 0) is 17.8 Å². The minimum atomic E-state index is -1.37. The first-order chi connectivity index (χ1) is 16.0. The SMILES string of the molecule is C[C@@H](COc1cc2cnn(-c3ccc(F)cc3)c2cc1Cl)N[S+]([O-])c1ccc2c(c1)CCO2. The van der Waals surface area contributed by atoms with Gasteiger partial charge in [-0.15, -0.1) is 4.72 Å². The van der Waals surface area contributed by atoms with Crippen molar-refractivity contribution in [3.63, 3.8) is 0 Å². The normalized spacial score (nSPS) is 14.7. The van der Waals surface area contributed by atoms with E-state index in [1.807, 2.05) is 31.2 Å². The Labute approximate surface area is 198 Å². The summed E-state index contributed by atoms with van der Waals surface area (Å²) in [5.74, 6) is 1.06. The molecular weight excluding hydrogens is 465 g/mol. The monoisotopic (exact) mass is 485 g/mol. The van der Waals surface area contributed by atoms with E-state index in [1.165, 1.54) is 12.1 Å². The largest absolute Gasteiger partial charge is 0.593 e. The first kappa shape index (κ1) is 22.0. The fraction of sp³-hybridized carbons (Fsp3) is 0.208. The summed E-state index contributed by atoms with van der Waals surface area (Å²) in [6.45, 7) is 2.83. The number of nitrogens with one attached hydrogen (secondary N) is 1. The van der Waals surface area contributed by atoms with Crippen molar-refractivity contribution in [2.45, 2.75) is 24.3 Å². The van der Waals surface area contributed by atoms with Crippen LogP contribution >= 0.6 is 11.6 Å². The third kappa shape index (κ3) is 4.65. The van der Waals surface area contributed by atoms with Crippen molar-refractivity contribution in [2.24, 2.45) is 0 Å². The van der Waals surface area contributed by atoms with Crippen LogP contribution in [0.1, 0.15) is 12.5 Å². The van der Waals surface area contributed by atoms with Crippen LogP contribution in [0.2, 0.25) is 5.02 Å². The Kier molecular flexibility index (Phi) is 6.16. The van der Waals surface area contributed by atoms with Crippen molar-refractivity contribution in [2.75, 3.05) is 13.2 Å². The highest BCUT2D eigenvalue weighted by atomic mass is 35.5. The number of halogens is 2. The lowest BCUT2D eigenvalue weighted by Gasteiger charge is -2.18. The van der Waals surface area contributed by atoms with Crippen LogP contribution in [0.3, 0.4) is 0 Å². The van der Waals surface area contributed by atoms with Gasteiger partial charge in [-0.2, -0.15) is 5.10 Å². The molecule has 4 aromatic rings. The molecule has 2 heterocycles. The van der Waals surface area contributed by atoms with Gasteiger partial charge < -0.3 is 14.0 Å². The highest BCUT2D eigenvalue weighted by Crippen LogP contribution is 2.32. The van der Waals surface area contributed by atoms with E-state index >= 15 is 0 Å². The molecule has 0 saturated carbocycles. The Morgan fingerprint density at radius 1 is 1.24 bits per heavy atom. The van der Waals surface area contributed by atoms with Gasteiger partial charge in [0.1, 0.15) is 23.9 Å². The fourth-order valence-corrected chi connectivity index (χ4v) is 4.93. The van der Waals surface area contributed by atoms with Gasteiger partial charge in [-0.3, -0.25) is 0 Å². The lowest BCUT2D eigenvalue weighted by molar-refractivity contribution is 0.288. The molecule has 1 aromatic heterocycles. The molecule has 0 radical (unpaired) electrons. The van der Waals surface area contributed by atoms with Gasteiger partial charge in [0.05, 0.1) is 46.4 Å². The molecule has 9 heteroatoms. The van der Waals surface area contributed by atoms with E-state index in [9.17, 15) is 8.94 Å². The number of fused-ring (bicyclic) bond motifs is 2. The third-order valence-electron chi connectivity index (χ3n) is 5.36. The van der Waals surface area contributed by atoms with Crippen LogP contribution in [0.15, 0.2) is 65.7 Å². The average molecular weight is 486 g/mol. The molecule has 1 unspecified atom stereocenters. The van der Waals surface area contributed by atoms with E-state index in [1.54, 1.807) is 29.1 Å². The van der Waals surface area contributed by atoms with Crippen molar-refractivity contribution >= 4 is 33.9 Å². The summed E-state index contributed by atoms with van der Waals surface area (Å²) >= 11 is 5.10. The number of nitrogens with zero attached hydrogens (tertiary/aromatic N) is 2. The van der Waals surface area contributed by atoms with Crippen molar-refractivity contribution in [1.82, 2.24) is 14.5 Å². The summed E-state index contributed by atoms with van der Waals surface area (Å²) in [5.41, 5.74) is 2.59. The van der Waals surface area contributed by atoms with Gasteiger partial charge >= 0.3 is 0 Å². The molecule has 0 bridgehead atoms. The highest BCUT2D eigenvalue weighted by molar-refractivity contribution is 7.89. The van der Waals surface area contributed by atoms with Gasteiger partial charge in [0.25, 0.3) is 0 Å². The molecule has 0 aliphatic carbocycles. The van der Waals surface area contributed by atoms with Gasteiger partial charge in [0.15, 0.2) is 4.90 Å². The second kappa shape index (κ2) is 9.23. The van der Waals surface area contributed by atoms with Gasteiger partial charge in [-0.05, 0) is 55.5 Å². The second-order valence-corrected chi connectivity index (χ2v) is 9.49. The van der Waals surface area contributed by atoms with Gasteiger partial charge in [0, 0.05) is 23.4 Å². The number of rotatable bonds is 7. The number of ether oxygens (including phenoxy) is 2. The maximum atomic E-state index is 13.2. The maximum Gasteiger partial charge on any atom is 0.174 e. The van der Waals surface area contributed by atoms with Gasteiger partial charge in [0.2, 0.25) is 0 Å². The lowest BCUT2D eigenvalue weighted by Crippen LogP contribution is -2.36. The molecule has 1 N–H and O–H groups in total. The van der Waals surface area contributed by atoms with E-state index in [-0.39, 0.29) is 18.5 Å². The summed E-state index contributed by atoms with van der Waals surface area (Å²) in [6, 6.07) is 15.1. The Hall–Kier alpha value is -2.78. The predicted octanol–water partition coefficient (Wildman–Crippen LogP) is 4.83. The van der Waals surface area contributed by atoms with Crippen molar-refractivity contribution < 1.29 is 18.4 Å². The molecule has 1 aliphatic heterocycles. The topological polar surface area (TPSA) is 71.4 Å². The van der Waals surface area contributed by atoms with Gasteiger partial charge in [-0.1, -0.05) is 11.6 Å². The Morgan fingerprint density at radius 3 is 2.88 bits per heavy atom. The third-order valence-corrected chi connectivity index (χ3v) is 6.96. The van der Waals surface area contributed by atoms with Crippen LogP contribution in [0.25, 0.3) is 16.6 Å². The van der Waals surface area contributed by atoms with E-state index in [4.69, 9.17) is 21.1 Å². The average Bonchev–Trinajstić information content (AvgIpc) is 3.44. The van der Waals surface area contributed by atoms with Crippen LogP contribution in [0.5, 0.6) is 11.5 Å². The quantitative estimate of drug-likeness (QED) is 0.379. The van der Waals surface area contributed by atoms with Crippen LogP contribution in [-0.4, -0.2) is 33.6 Å². The van der Waals surface area contributed by atoms with Crippen molar-refractivity contribution in [3.05, 3.63) is 77.2 Å². The van der Waals surface area contributed by atoms with Crippen LogP contribution in [0.4, 0.5) is 4.39 Å². The number of hydrogen-bond acceptors (Lipinski definition) is 5. The number of benzene rings is 3. The highest BCUT2D eigenvalue weighted by Gasteiger charge is 2.20. The molecule has 2 atom stereocenters. The molecule has 0 amide bonds. The minimum absolute atomic E-state index is 0.191. The summed E-state index contributed by atoms with van der Waals surface area (Å²) in [4.78, 5) is 0.707. The van der Waals surface area contributed by atoms with Crippen LogP contribution < -0.4 is 14.2 Å². The summed E-state index contributed by atoms with van der Waals surface area (Å²) in [6.07, 6.45) is 2.54. The Morgan fingerprint density at radius 2 is 2.06 bits per heavy atom. The fourth-order valence-electron chi connectivity index (χ4n) is 3.70. The first-order valence-corrected chi connectivity index (χ1v) is 12.0. The molecule has 0 spiro atoms. The lowest BCUT2D eigenvalue weighted by atomic mass is 10.2. The van der Waals surface area contributed by atoms with E-state index in [0.717, 1.165) is 34.3 Å². The molecule has 6 nitrogen and oxygen atoms in total. The summed E-state index contributed by atoms with van der Waals surface area (Å²) in [7, 11) is 0. The summed E-state index contributed by atoms with van der Waals surface area (Å²) < 4.78 is 42.1. The molecule has 33 heavy (non-hydrogen) atoms. The molecule has 0 fully saturated rings. The molecule has 1 aliphatic rings.